The first-order valence-electron chi connectivity index (χ1n) is 18.2. The Morgan fingerprint density at radius 2 is 1.04 bits per heavy atom. The third-order valence-electron chi connectivity index (χ3n) is 10.9. The maximum Gasteiger partial charge on any atom is 0.227 e. The van der Waals surface area contributed by atoms with Crippen molar-refractivity contribution in [3.05, 3.63) is 193 Å². The van der Waals surface area contributed by atoms with Gasteiger partial charge >= 0.3 is 0 Å². The van der Waals surface area contributed by atoms with Crippen LogP contribution in [0.15, 0.2) is 186 Å². The average molecular weight is 681 g/mol. The summed E-state index contributed by atoms with van der Waals surface area (Å²) in [5, 5.41) is 2.22. The molecule has 1 heterocycles. The number of anilines is 3. The molecule has 1 aliphatic carbocycles. The van der Waals surface area contributed by atoms with Crippen molar-refractivity contribution in [2.24, 2.45) is 0 Å². The van der Waals surface area contributed by atoms with E-state index in [1.807, 2.05) is 30.3 Å². The first-order chi connectivity index (χ1) is 26.0. The molecule has 1 aromatic heterocycles. The van der Waals surface area contributed by atoms with Gasteiger partial charge in [0.05, 0.1) is 5.69 Å². The SMILES string of the molecule is CC1(C)c2ccccc2-c2ccc(N(c3ccc(-c4cc5oc(-c6ccccc6)nc5c5ccccc45)cc3)c3ccccc3-c3ccccc3)cc21. The van der Waals surface area contributed by atoms with Crippen LogP contribution >= 0.6 is 0 Å². The monoisotopic (exact) mass is 680 g/mol. The van der Waals surface area contributed by atoms with Gasteiger partial charge in [0, 0.05) is 33.3 Å². The Morgan fingerprint density at radius 3 is 1.81 bits per heavy atom. The van der Waals surface area contributed by atoms with Crippen LogP contribution in [0.1, 0.15) is 25.0 Å². The van der Waals surface area contributed by atoms with E-state index in [0.29, 0.717) is 5.89 Å². The normalized spacial score (nSPS) is 12.9. The van der Waals surface area contributed by atoms with E-state index in [2.05, 4.69) is 170 Å². The molecule has 0 saturated heterocycles. The van der Waals surface area contributed by atoms with E-state index >= 15 is 0 Å². The second-order valence-electron chi connectivity index (χ2n) is 14.4. The lowest BCUT2D eigenvalue weighted by Gasteiger charge is -2.30. The summed E-state index contributed by atoms with van der Waals surface area (Å²) in [6.45, 7) is 4.69. The van der Waals surface area contributed by atoms with E-state index in [-0.39, 0.29) is 5.41 Å². The van der Waals surface area contributed by atoms with Crippen molar-refractivity contribution in [3.63, 3.8) is 0 Å². The van der Waals surface area contributed by atoms with Crippen LogP contribution in [0.2, 0.25) is 0 Å². The highest BCUT2D eigenvalue weighted by molar-refractivity contribution is 6.11. The van der Waals surface area contributed by atoms with Gasteiger partial charge in [-0.2, -0.15) is 0 Å². The lowest BCUT2D eigenvalue weighted by molar-refractivity contribution is 0.620. The maximum absolute atomic E-state index is 6.41. The van der Waals surface area contributed by atoms with E-state index in [1.165, 1.54) is 33.4 Å². The van der Waals surface area contributed by atoms with Crippen molar-refractivity contribution in [3.8, 4) is 44.8 Å². The van der Waals surface area contributed by atoms with Gasteiger partial charge in [0.15, 0.2) is 5.58 Å². The quantitative estimate of drug-likeness (QED) is 0.175. The Hall–Kier alpha value is -6.71. The number of aromatic nitrogens is 1. The summed E-state index contributed by atoms with van der Waals surface area (Å²) in [6, 6.07) is 65.0. The topological polar surface area (TPSA) is 29.3 Å². The highest BCUT2D eigenvalue weighted by Gasteiger charge is 2.36. The molecule has 1 aliphatic rings. The molecule has 0 saturated carbocycles. The second-order valence-corrected chi connectivity index (χ2v) is 14.4. The van der Waals surface area contributed by atoms with Crippen LogP contribution in [-0.4, -0.2) is 4.98 Å². The summed E-state index contributed by atoms with van der Waals surface area (Å²) in [7, 11) is 0. The smallest absolute Gasteiger partial charge is 0.227 e. The fraction of sp³-hybridized carbons (Fsp3) is 0.0600. The summed E-state index contributed by atoms with van der Waals surface area (Å²) in [6.07, 6.45) is 0. The molecule has 3 nitrogen and oxygen atoms in total. The van der Waals surface area contributed by atoms with Crippen LogP contribution in [0, 0.1) is 0 Å². The Morgan fingerprint density at radius 1 is 0.453 bits per heavy atom. The van der Waals surface area contributed by atoms with Crippen LogP contribution in [0.4, 0.5) is 17.1 Å². The standard InChI is InChI=1S/C50H36N2O/c1-50(2)44-23-13-11-21-40(44)41-30-29-37(31-45(41)50)52(46-24-14-12-19-38(46)33-15-5-3-6-16-33)36-27-25-34(26-28-36)43-32-47-48(42-22-10-9-20-39(42)43)51-49(53-47)35-17-7-4-8-18-35/h3-32H,1-2H3. The number of para-hydroxylation sites is 1. The highest BCUT2D eigenvalue weighted by atomic mass is 16.3. The van der Waals surface area contributed by atoms with Crippen molar-refractivity contribution in [1.82, 2.24) is 4.98 Å². The molecule has 0 spiro atoms. The summed E-state index contributed by atoms with van der Waals surface area (Å²) in [5.41, 5.74) is 15.8. The van der Waals surface area contributed by atoms with Crippen molar-refractivity contribution < 1.29 is 4.42 Å². The number of rotatable bonds is 6. The number of hydrogen-bond donors (Lipinski definition) is 0. The molecule has 0 amide bonds. The van der Waals surface area contributed by atoms with Gasteiger partial charge in [-0.05, 0) is 92.9 Å². The molecule has 3 heteroatoms. The fourth-order valence-corrected chi connectivity index (χ4v) is 8.28. The van der Waals surface area contributed by atoms with Gasteiger partial charge in [0.1, 0.15) is 5.52 Å². The molecule has 0 radical (unpaired) electrons. The van der Waals surface area contributed by atoms with Gasteiger partial charge in [-0.1, -0.05) is 147 Å². The van der Waals surface area contributed by atoms with Crippen LogP contribution < -0.4 is 4.90 Å². The summed E-state index contributed by atoms with van der Waals surface area (Å²) in [4.78, 5) is 7.37. The van der Waals surface area contributed by atoms with Gasteiger partial charge in [-0.15, -0.1) is 0 Å². The zero-order valence-corrected chi connectivity index (χ0v) is 29.6. The van der Waals surface area contributed by atoms with E-state index in [9.17, 15) is 0 Å². The second kappa shape index (κ2) is 12.2. The first-order valence-corrected chi connectivity index (χ1v) is 18.2. The van der Waals surface area contributed by atoms with Crippen LogP contribution in [-0.2, 0) is 5.41 Å². The maximum atomic E-state index is 6.41. The highest BCUT2D eigenvalue weighted by Crippen LogP contribution is 2.51. The summed E-state index contributed by atoms with van der Waals surface area (Å²) < 4.78 is 6.41. The summed E-state index contributed by atoms with van der Waals surface area (Å²) in [5.74, 6) is 0.631. The number of fused-ring (bicyclic) bond motifs is 6. The molecule has 0 aliphatic heterocycles. The largest absolute Gasteiger partial charge is 0.436 e. The minimum absolute atomic E-state index is 0.114. The van der Waals surface area contributed by atoms with Crippen molar-refractivity contribution >= 4 is 38.9 Å². The Labute approximate surface area is 309 Å². The van der Waals surface area contributed by atoms with Crippen molar-refractivity contribution in [2.75, 3.05) is 4.90 Å². The van der Waals surface area contributed by atoms with Crippen molar-refractivity contribution in [1.29, 1.82) is 0 Å². The zero-order chi connectivity index (χ0) is 35.5. The molecule has 9 aromatic rings. The fourth-order valence-electron chi connectivity index (χ4n) is 8.28. The zero-order valence-electron chi connectivity index (χ0n) is 29.6. The molecule has 0 fully saturated rings. The third-order valence-corrected chi connectivity index (χ3v) is 10.9. The van der Waals surface area contributed by atoms with E-state index in [0.717, 1.165) is 55.6 Å². The summed E-state index contributed by atoms with van der Waals surface area (Å²) >= 11 is 0. The molecule has 8 aromatic carbocycles. The van der Waals surface area contributed by atoms with Crippen LogP contribution in [0.25, 0.3) is 66.7 Å². The predicted octanol–water partition coefficient (Wildman–Crippen LogP) is 13.8. The molecule has 0 bridgehead atoms. The number of hydrogen-bond acceptors (Lipinski definition) is 3. The lowest BCUT2D eigenvalue weighted by atomic mass is 9.82. The first kappa shape index (κ1) is 31.1. The number of benzene rings is 8. The minimum Gasteiger partial charge on any atom is -0.436 e. The molecular formula is C50H36N2O. The molecule has 0 unspecified atom stereocenters. The van der Waals surface area contributed by atoms with Gasteiger partial charge in [0.2, 0.25) is 5.89 Å². The Kier molecular flexibility index (Phi) is 7.16. The van der Waals surface area contributed by atoms with Gasteiger partial charge in [-0.25, -0.2) is 4.98 Å². The number of nitrogens with zero attached hydrogens (tertiary/aromatic N) is 2. The lowest BCUT2D eigenvalue weighted by Crippen LogP contribution is -2.16. The van der Waals surface area contributed by atoms with Gasteiger partial charge in [-0.3, -0.25) is 0 Å². The molecular weight excluding hydrogens is 645 g/mol. The minimum atomic E-state index is -0.114. The molecule has 0 N–H and O–H groups in total. The Balaban J connectivity index is 1.13. The van der Waals surface area contributed by atoms with Crippen LogP contribution in [0.3, 0.4) is 0 Å². The van der Waals surface area contributed by atoms with Crippen LogP contribution in [0.5, 0.6) is 0 Å². The van der Waals surface area contributed by atoms with Gasteiger partial charge in [0.25, 0.3) is 0 Å². The van der Waals surface area contributed by atoms with E-state index < -0.39 is 0 Å². The predicted molar refractivity (Wildman–Crippen MR) is 220 cm³/mol. The number of oxazole rings is 1. The Bertz CT molecular complexity index is 2800. The molecule has 53 heavy (non-hydrogen) atoms. The molecule has 10 rings (SSSR count). The van der Waals surface area contributed by atoms with Crippen molar-refractivity contribution in [2.45, 2.75) is 19.3 Å². The molecule has 252 valence electrons. The van der Waals surface area contributed by atoms with E-state index in [1.54, 1.807) is 0 Å². The van der Waals surface area contributed by atoms with Gasteiger partial charge < -0.3 is 9.32 Å². The van der Waals surface area contributed by atoms with E-state index in [4.69, 9.17) is 9.40 Å². The average Bonchev–Trinajstić information content (AvgIpc) is 3.76. The third kappa shape index (κ3) is 5.08. The molecule has 0 atom stereocenters.